The van der Waals surface area contributed by atoms with E-state index in [1.54, 1.807) is 14.0 Å². The van der Waals surface area contributed by atoms with Gasteiger partial charge in [0.2, 0.25) is 11.8 Å². The Balaban J connectivity index is 2.27. The minimum Gasteiger partial charge on any atom is -0.464 e. The first-order valence-electron chi connectivity index (χ1n) is 7.75. The van der Waals surface area contributed by atoms with Crippen LogP contribution in [0.3, 0.4) is 0 Å². The van der Waals surface area contributed by atoms with Crippen LogP contribution in [0.15, 0.2) is 30.3 Å². The number of ether oxygens (including phenoxy) is 2. The third-order valence-electron chi connectivity index (χ3n) is 3.16. The highest BCUT2D eigenvalue weighted by Crippen LogP contribution is 2.02. The van der Waals surface area contributed by atoms with Crippen LogP contribution in [0.2, 0.25) is 0 Å². The number of carbonyl (C=O) groups is 3. The van der Waals surface area contributed by atoms with Crippen molar-refractivity contribution in [2.75, 3.05) is 26.9 Å². The summed E-state index contributed by atoms with van der Waals surface area (Å²) in [6.45, 7) is 3.42. The summed E-state index contributed by atoms with van der Waals surface area (Å²) in [4.78, 5) is 36.5. The molecule has 7 nitrogen and oxygen atoms in total. The van der Waals surface area contributed by atoms with Gasteiger partial charge < -0.3 is 19.7 Å². The number of benzene rings is 1. The van der Waals surface area contributed by atoms with E-state index in [-0.39, 0.29) is 25.7 Å². The molecule has 0 aliphatic carbocycles. The molecule has 0 spiro atoms. The fourth-order valence-corrected chi connectivity index (χ4v) is 1.90. The fourth-order valence-electron chi connectivity index (χ4n) is 1.90. The summed E-state index contributed by atoms with van der Waals surface area (Å²) in [5.41, 5.74) is 1.01. The molecule has 1 atom stereocenters. The van der Waals surface area contributed by atoms with Gasteiger partial charge in [-0.1, -0.05) is 30.3 Å². The molecule has 0 saturated carbocycles. The molecule has 132 valence electrons. The number of likely N-dealkylation sites (N-methyl/N-ethyl adjacent to an activating group) is 1. The predicted octanol–water partition coefficient (Wildman–Crippen LogP) is 0.729. The maximum Gasteiger partial charge on any atom is 0.328 e. The van der Waals surface area contributed by atoms with Crippen molar-refractivity contribution in [1.29, 1.82) is 0 Å². The molecule has 0 aromatic heterocycles. The average molecular weight is 336 g/mol. The Labute approximate surface area is 141 Å². The van der Waals surface area contributed by atoms with Gasteiger partial charge in [-0.05, 0) is 19.4 Å². The molecule has 0 radical (unpaired) electrons. The second-order valence-corrected chi connectivity index (χ2v) is 5.27. The number of nitrogens with zero attached hydrogens (tertiary/aromatic N) is 1. The van der Waals surface area contributed by atoms with Crippen LogP contribution >= 0.6 is 0 Å². The van der Waals surface area contributed by atoms with Crippen LogP contribution in [0.1, 0.15) is 19.4 Å². The highest BCUT2D eigenvalue weighted by atomic mass is 16.5. The van der Waals surface area contributed by atoms with Gasteiger partial charge in [-0.25, -0.2) is 4.79 Å². The van der Waals surface area contributed by atoms with Gasteiger partial charge in [0.25, 0.3) is 0 Å². The summed E-state index contributed by atoms with van der Waals surface area (Å²) in [7, 11) is 1.67. The van der Waals surface area contributed by atoms with E-state index in [9.17, 15) is 14.4 Å². The molecule has 1 aromatic carbocycles. The summed E-state index contributed by atoms with van der Waals surface area (Å²) in [5, 5.41) is 2.44. The van der Waals surface area contributed by atoms with Gasteiger partial charge in [-0.3, -0.25) is 9.59 Å². The van der Waals surface area contributed by atoms with E-state index >= 15 is 0 Å². The van der Waals surface area contributed by atoms with E-state index in [0.717, 1.165) is 5.56 Å². The highest BCUT2D eigenvalue weighted by Gasteiger charge is 2.17. The predicted molar refractivity (Wildman–Crippen MR) is 88.0 cm³/mol. The third-order valence-corrected chi connectivity index (χ3v) is 3.16. The molecule has 0 bridgehead atoms. The van der Waals surface area contributed by atoms with Gasteiger partial charge in [0, 0.05) is 13.6 Å². The van der Waals surface area contributed by atoms with Crippen LogP contribution in [-0.2, 0) is 30.4 Å². The molecule has 7 heteroatoms. The minimum atomic E-state index is -0.752. The monoisotopic (exact) mass is 336 g/mol. The van der Waals surface area contributed by atoms with Gasteiger partial charge in [0.1, 0.15) is 19.3 Å². The minimum absolute atomic E-state index is 0.204. The van der Waals surface area contributed by atoms with E-state index in [0.29, 0.717) is 6.54 Å². The zero-order valence-corrected chi connectivity index (χ0v) is 14.3. The molecule has 0 heterocycles. The Kier molecular flexibility index (Phi) is 8.49. The van der Waals surface area contributed by atoms with Crippen molar-refractivity contribution in [2.24, 2.45) is 0 Å². The van der Waals surface area contributed by atoms with Crippen LogP contribution in [0.25, 0.3) is 0 Å². The summed E-state index contributed by atoms with van der Waals surface area (Å²) >= 11 is 0. The normalized spacial score (nSPS) is 11.5. The first-order valence-corrected chi connectivity index (χ1v) is 7.75. The molecule has 0 fully saturated rings. The van der Waals surface area contributed by atoms with Crippen molar-refractivity contribution in [3.8, 4) is 0 Å². The second kappa shape index (κ2) is 10.4. The van der Waals surface area contributed by atoms with Crippen LogP contribution in [0, 0.1) is 0 Å². The van der Waals surface area contributed by atoms with Crippen molar-refractivity contribution < 1.29 is 23.9 Å². The number of amides is 2. The number of hydrogen-bond acceptors (Lipinski definition) is 5. The average Bonchev–Trinajstić information content (AvgIpc) is 2.55. The van der Waals surface area contributed by atoms with Gasteiger partial charge in [-0.2, -0.15) is 0 Å². The first-order chi connectivity index (χ1) is 11.4. The Hall–Kier alpha value is -2.41. The number of rotatable bonds is 9. The highest BCUT2D eigenvalue weighted by molar-refractivity contribution is 5.85. The molecule has 1 rings (SSSR count). The molecule has 0 saturated heterocycles. The number of hydrogen-bond donors (Lipinski definition) is 1. The molecule has 24 heavy (non-hydrogen) atoms. The van der Waals surface area contributed by atoms with Crippen molar-refractivity contribution in [3.63, 3.8) is 0 Å². The van der Waals surface area contributed by atoms with Gasteiger partial charge in [0.05, 0.1) is 6.61 Å². The zero-order chi connectivity index (χ0) is 17.9. The van der Waals surface area contributed by atoms with E-state index in [1.165, 1.54) is 11.8 Å². The summed E-state index contributed by atoms with van der Waals surface area (Å²) in [5.74, 6) is -1.22. The molecule has 1 unspecified atom stereocenters. The van der Waals surface area contributed by atoms with Gasteiger partial charge in [0.15, 0.2) is 0 Å². The lowest BCUT2D eigenvalue weighted by atomic mass is 10.2. The summed E-state index contributed by atoms with van der Waals surface area (Å²) in [6.07, 6.45) is 0. The topological polar surface area (TPSA) is 84.9 Å². The molecule has 1 N–H and O–H groups in total. The lowest BCUT2D eigenvalue weighted by Gasteiger charge is -2.17. The largest absolute Gasteiger partial charge is 0.464 e. The van der Waals surface area contributed by atoms with Crippen LogP contribution < -0.4 is 5.32 Å². The van der Waals surface area contributed by atoms with Crippen LogP contribution in [0.5, 0.6) is 0 Å². The quantitative estimate of drug-likeness (QED) is 0.672. The fraction of sp³-hybridized carbons (Fsp3) is 0.471. The van der Waals surface area contributed by atoms with Gasteiger partial charge >= 0.3 is 5.97 Å². The maximum atomic E-state index is 11.9. The zero-order valence-electron chi connectivity index (χ0n) is 14.3. The number of esters is 1. The standard InChI is InChI=1S/C17H24N2O5/c1-4-24-17(22)13(2)18-15(20)11-23-12-16(21)19(3)10-14-8-6-5-7-9-14/h5-9,13H,4,10-12H2,1-3H3,(H,18,20). The lowest BCUT2D eigenvalue weighted by Crippen LogP contribution is -2.41. The SMILES string of the molecule is CCOC(=O)C(C)NC(=O)COCC(=O)N(C)Cc1ccccc1. The summed E-state index contributed by atoms with van der Waals surface area (Å²) in [6, 6.07) is 8.81. The van der Waals surface area contributed by atoms with Crippen molar-refractivity contribution >= 4 is 17.8 Å². The molecular weight excluding hydrogens is 312 g/mol. The molecule has 1 aromatic rings. The van der Waals surface area contributed by atoms with Crippen molar-refractivity contribution in [1.82, 2.24) is 10.2 Å². The molecule has 0 aliphatic heterocycles. The van der Waals surface area contributed by atoms with Crippen molar-refractivity contribution in [2.45, 2.75) is 26.4 Å². The lowest BCUT2D eigenvalue weighted by molar-refractivity contribution is -0.148. The first kappa shape index (κ1) is 19.6. The van der Waals surface area contributed by atoms with E-state index in [4.69, 9.17) is 9.47 Å². The molecular formula is C17H24N2O5. The van der Waals surface area contributed by atoms with E-state index < -0.39 is 17.9 Å². The Morgan fingerprint density at radius 3 is 2.46 bits per heavy atom. The van der Waals surface area contributed by atoms with Crippen molar-refractivity contribution in [3.05, 3.63) is 35.9 Å². The Morgan fingerprint density at radius 1 is 1.17 bits per heavy atom. The maximum absolute atomic E-state index is 11.9. The number of nitrogens with one attached hydrogen (secondary N) is 1. The van der Waals surface area contributed by atoms with Crippen LogP contribution in [-0.4, -0.2) is 55.6 Å². The number of carbonyl (C=O) groups excluding carboxylic acids is 3. The Bertz CT molecular complexity index is 547. The smallest absolute Gasteiger partial charge is 0.328 e. The van der Waals surface area contributed by atoms with E-state index in [2.05, 4.69) is 5.32 Å². The Morgan fingerprint density at radius 2 is 1.83 bits per heavy atom. The molecule has 0 aliphatic rings. The van der Waals surface area contributed by atoms with Crippen LogP contribution in [0.4, 0.5) is 0 Å². The van der Waals surface area contributed by atoms with E-state index in [1.807, 2.05) is 30.3 Å². The van der Waals surface area contributed by atoms with Gasteiger partial charge in [-0.15, -0.1) is 0 Å². The molecule has 2 amide bonds. The summed E-state index contributed by atoms with van der Waals surface area (Å²) < 4.78 is 9.88. The second-order valence-electron chi connectivity index (χ2n) is 5.27. The third kappa shape index (κ3) is 7.23.